The highest BCUT2D eigenvalue weighted by atomic mass is 79.9. The van der Waals surface area contributed by atoms with E-state index in [-0.39, 0.29) is 11.0 Å². The molecule has 0 N–H and O–H groups in total. The van der Waals surface area contributed by atoms with Crippen LogP contribution >= 0.6 is 39.3 Å². The van der Waals surface area contributed by atoms with Gasteiger partial charge in [-0.15, -0.1) is 10.2 Å². The van der Waals surface area contributed by atoms with Gasteiger partial charge >= 0.3 is 0 Å². The van der Waals surface area contributed by atoms with Crippen LogP contribution in [0, 0.1) is 0 Å². The number of rotatable bonds is 7. The molecule has 0 amide bonds. The minimum atomic E-state index is -0.346. The number of halogens is 2. The largest absolute Gasteiger partial charge is 0.446 e. The number of hydrogen-bond donors (Lipinski definition) is 0. The van der Waals surface area contributed by atoms with Crippen molar-refractivity contribution in [3.8, 4) is 11.6 Å². The van der Waals surface area contributed by atoms with Crippen LogP contribution in [0.3, 0.4) is 0 Å². The predicted molar refractivity (Wildman–Crippen MR) is 122 cm³/mol. The number of benzene rings is 2. The maximum Gasteiger partial charge on any atom is 0.200 e. The van der Waals surface area contributed by atoms with E-state index in [0.29, 0.717) is 38.5 Å². The van der Waals surface area contributed by atoms with E-state index in [4.69, 9.17) is 16.0 Å². The Morgan fingerprint density at radius 2 is 1.83 bits per heavy atom. The minimum absolute atomic E-state index is 0.00761. The highest BCUT2D eigenvalue weighted by molar-refractivity contribution is 9.10. The number of nitrogens with zero attached hydrogens (tertiary/aromatic N) is 3. The van der Waals surface area contributed by atoms with Gasteiger partial charge in [0.25, 0.3) is 0 Å². The molecule has 0 aliphatic carbocycles. The molecule has 0 aliphatic heterocycles. The first-order valence-electron chi connectivity index (χ1n) is 9.20. The van der Waals surface area contributed by atoms with Crippen LogP contribution in [-0.2, 0) is 6.54 Å². The smallest absolute Gasteiger partial charge is 0.200 e. The zero-order valence-corrected chi connectivity index (χ0v) is 19.1. The molecule has 1 unspecified atom stereocenters. The quantitative estimate of drug-likeness (QED) is 0.217. The van der Waals surface area contributed by atoms with E-state index in [1.807, 2.05) is 54.0 Å². The molecule has 2 heterocycles. The van der Waals surface area contributed by atoms with Crippen LogP contribution in [0.2, 0.25) is 5.02 Å². The van der Waals surface area contributed by atoms with Gasteiger partial charge in [-0.1, -0.05) is 53.7 Å². The lowest BCUT2D eigenvalue weighted by molar-refractivity contribution is 0.0994. The number of thioether (sulfide) groups is 1. The van der Waals surface area contributed by atoms with Crippen molar-refractivity contribution in [2.24, 2.45) is 0 Å². The van der Waals surface area contributed by atoms with Crippen molar-refractivity contribution < 1.29 is 9.21 Å². The molecule has 0 fully saturated rings. The summed E-state index contributed by atoms with van der Waals surface area (Å²) < 4.78 is 8.29. The van der Waals surface area contributed by atoms with Gasteiger partial charge in [-0.25, -0.2) is 0 Å². The lowest BCUT2D eigenvalue weighted by Crippen LogP contribution is -2.15. The summed E-state index contributed by atoms with van der Waals surface area (Å²) in [7, 11) is 0. The van der Waals surface area contributed by atoms with Gasteiger partial charge in [0.15, 0.2) is 21.4 Å². The molecule has 0 saturated heterocycles. The summed E-state index contributed by atoms with van der Waals surface area (Å²) in [5.41, 5.74) is 1.71. The molecule has 152 valence electrons. The summed E-state index contributed by atoms with van der Waals surface area (Å²) in [6.07, 6.45) is 0. The van der Waals surface area contributed by atoms with E-state index in [9.17, 15) is 4.79 Å². The van der Waals surface area contributed by atoms with E-state index in [2.05, 4.69) is 26.1 Å². The van der Waals surface area contributed by atoms with E-state index >= 15 is 0 Å². The molecule has 4 rings (SSSR count). The summed E-state index contributed by atoms with van der Waals surface area (Å²) in [6, 6.07) is 20.6. The first-order valence-corrected chi connectivity index (χ1v) is 11.3. The molecular formula is C22H17BrClN3O2S. The minimum Gasteiger partial charge on any atom is -0.446 e. The van der Waals surface area contributed by atoms with Gasteiger partial charge in [0.05, 0.1) is 11.8 Å². The fourth-order valence-electron chi connectivity index (χ4n) is 2.96. The predicted octanol–water partition coefficient (Wildman–Crippen LogP) is 6.37. The summed E-state index contributed by atoms with van der Waals surface area (Å²) >= 11 is 10.6. The molecule has 0 spiro atoms. The second-order valence-electron chi connectivity index (χ2n) is 6.61. The molecule has 2 aromatic heterocycles. The van der Waals surface area contributed by atoms with Gasteiger partial charge in [-0.3, -0.25) is 9.36 Å². The number of carbonyl (C=O) groups is 1. The summed E-state index contributed by atoms with van der Waals surface area (Å²) in [6.45, 7) is 2.43. The monoisotopic (exact) mass is 501 g/mol. The molecule has 4 aromatic rings. The number of aromatic nitrogens is 3. The summed E-state index contributed by atoms with van der Waals surface area (Å²) in [5, 5.41) is 9.60. The van der Waals surface area contributed by atoms with Crippen molar-refractivity contribution in [3.05, 3.63) is 87.5 Å². The number of Topliss-reactive ketones (excluding diaryl/α,β-unsaturated/α-hetero) is 1. The fraction of sp³-hybridized carbons (Fsp3) is 0.136. The Morgan fingerprint density at radius 1 is 1.10 bits per heavy atom. The number of ketones is 1. The highest BCUT2D eigenvalue weighted by Gasteiger charge is 2.23. The SMILES string of the molecule is CC(Sc1nnc(-c2ccc(Br)o2)n1Cc1ccccc1)C(=O)c1ccc(Cl)cc1. The maximum atomic E-state index is 12.9. The lowest BCUT2D eigenvalue weighted by atomic mass is 10.1. The van der Waals surface area contributed by atoms with Crippen molar-refractivity contribution in [3.63, 3.8) is 0 Å². The van der Waals surface area contributed by atoms with Crippen LogP contribution in [-0.4, -0.2) is 25.8 Å². The molecule has 0 aliphatic rings. The number of carbonyl (C=O) groups excluding carboxylic acids is 1. The third kappa shape index (κ3) is 4.69. The van der Waals surface area contributed by atoms with E-state index in [0.717, 1.165) is 5.56 Å². The third-order valence-electron chi connectivity index (χ3n) is 4.47. The van der Waals surface area contributed by atoms with Gasteiger partial charge in [0, 0.05) is 10.6 Å². The average molecular weight is 503 g/mol. The third-order valence-corrected chi connectivity index (χ3v) is 6.23. The van der Waals surface area contributed by atoms with E-state index < -0.39 is 0 Å². The van der Waals surface area contributed by atoms with Crippen LogP contribution in [0.5, 0.6) is 0 Å². The molecule has 2 aromatic carbocycles. The number of furan rings is 1. The van der Waals surface area contributed by atoms with Gasteiger partial charge in [-0.2, -0.15) is 0 Å². The second-order valence-corrected chi connectivity index (χ2v) is 9.14. The van der Waals surface area contributed by atoms with Crippen molar-refractivity contribution >= 4 is 45.1 Å². The molecule has 5 nitrogen and oxygen atoms in total. The zero-order chi connectivity index (χ0) is 21.1. The average Bonchev–Trinajstić information content (AvgIpc) is 3.35. The lowest BCUT2D eigenvalue weighted by Gasteiger charge is -2.13. The molecule has 8 heteroatoms. The fourth-order valence-corrected chi connectivity index (χ4v) is 4.32. The van der Waals surface area contributed by atoms with Crippen molar-refractivity contribution in [1.29, 1.82) is 0 Å². The Balaban J connectivity index is 1.64. The van der Waals surface area contributed by atoms with Gasteiger partial charge in [0.1, 0.15) is 0 Å². The van der Waals surface area contributed by atoms with Gasteiger partial charge in [0.2, 0.25) is 5.82 Å². The van der Waals surface area contributed by atoms with Gasteiger partial charge in [-0.05, 0) is 64.8 Å². The Morgan fingerprint density at radius 3 is 2.50 bits per heavy atom. The van der Waals surface area contributed by atoms with Crippen LogP contribution in [0.4, 0.5) is 0 Å². The Hall–Kier alpha value is -2.35. The van der Waals surface area contributed by atoms with Gasteiger partial charge < -0.3 is 4.42 Å². The second kappa shape index (κ2) is 9.20. The molecule has 0 bridgehead atoms. The number of hydrogen-bond acceptors (Lipinski definition) is 5. The first kappa shape index (κ1) is 20.9. The summed E-state index contributed by atoms with van der Waals surface area (Å²) in [5.74, 6) is 1.22. The van der Waals surface area contributed by atoms with Crippen molar-refractivity contribution in [2.45, 2.75) is 23.9 Å². The first-order chi connectivity index (χ1) is 14.5. The molecule has 0 radical (unpaired) electrons. The highest BCUT2D eigenvalue weighted by Crippen LogP contribution is 2.31. The Kier molecular flexibility index (Phi) is 6.41. The van der Waals surface area contributed by atoms with Crippen LogP contribution in [0.15, 0.2) is 81.0 Å². The van der Waals surface area contributed by atoms with Crippen molar-refractivity contribution in [1.82, 2.24) is 14.8 Å². The molecule has 1 atom stereocenters. The maximum absolute atomic E-state index is 12.9. The van der Waals surface area contributed by atoms with Crippen LogP contribution in [0.25, 0.3) is 11.6 Å². The standard InChI is InChI=1S/C22H17BrClN3O2S/c1-14(20(28)16-7-9-17(24)10-8-16)30-22-26-25-21(18-11-12-19(23)29-18)27(22)13-15-5-3-2-4-6-15/h2-12,14H,13H2,1H3. The molecule has 30 heavy (non-hydrogen) atoms. The molecule has 0 saturated carbocycles. The normalized spacial score (nSPS) is 12.1. The zero-order valence-electron chi connectivity index (χ0n) is 16.0. The molecular weight excluding hydrogens is 486 g/mol. The Labute approximate surface area is 191 Å². The summed E-state index contributed by atoms with van der Waals surface area (Å²) in [4.78, 5) is 12.9. The Bertz CT molecular complexity index is 1160. The van der Waals surface area contributed by atoms with Crippen molar-refractivity contribution in [2.75, 3.05) is 0 Å². The van der Waals surface area contributed by atoms with E-state index in [1.54, 1.807) is 24.3 Å². The van der Waals surface area contributed by atoms with Crippen LogP contribution < -0.4 is 0 Å². The topological polar surface area (TPSA) is 60.9 Å². The van der Waals surface area contributed by atoms with E-state index in [1.165, 1.54) is 11.8 Å². The van der Waals surface area contributed by atoms with Crippen LogP contribution in [0.1, 0.15) is 22.8 Å².